The van der Waals surface area contributed by atoms with E-state index < -0.39 is 5.82 Å². The van der Waals surface area contributed by atoms with Gasteiger partial charge in [-0.2, -0.15) is 0 Å². The van der Waals surface area contributed by atoms with E-state index in [-0.39, 0.29) is 28.6 Å². The summed E-state index contributed by atoms with van der Waals surface area (Å²) in [5.41, 5.74) is 0.282. The van der Waals surface area contributed by atoms with Crippen LogP contribution in [-0.2, 0) is 0 Å². The molecule has 0 saturated carbocycles. The third kappa shape index (κ3) is 3.29. The summed E-state index contributed by atoms with van der Waals surface area (Å²) in [6.07, 6.45) is -0.256. The number of aliphatic hydroxyl groups is 1. The van der Waals surface area contributed by atoms with Gasteiger partial charge in [0.2, 0.25) is 0 Å². The molecule has 110 valence electrons. The van der Waals surface area contributed by atoms with Crippen molar-refractivity contribution in [3.8, 4) is 0 Å². The van der Waals surface area contributed by atoms with E-state index in [2.05, 4.69) is 4.90 Å². The lowest BCUT2D eigenvalue weighted by Crippen LogP contribution is -2.55. The van der Waals surface area contributed by atoms with Gasteiger partial charge in [0.1, 0.15) is 5.82 Å². The van der Waals surface area contributed by atoms with Crippen LogP contribution >= 0.6 is 11.6 Å². The van der Waals surface area contributed by atoms with Crippen molar-refractivity contribution in [1.82, 2.24) is 9.80 Å². The van der Waals surface area contributed by atoms with Gasteiger partial charge in [-0.05, 0) is 25.1 Å². The molecule has 1 atom stereocenters. The van der Waals surface area contributed by atoms with Gasteiger partial charge in [-0.25, -0.2) is 4.39 Å². The van der Waals surface area contributed by atoms with Gasteiger partial charge in [-0.15, -0.1) is 0 Å². The van der Waals surface area contributed by atoms with E-state index in [1.54, 1.807) is 11.9 Å². The van der Waals surface area contributed by atoms with E-state index in [4.69, 9.17) is 11.6 Å². The molecule has 1 aliphatic heterocycles. The molecule has 4 nitrogen and oxygen atoms in total. The topological polar surface area (TPSA) is 43.8 Å². The molecule has 1 saturated heterocycles. The molecule has 0 radical (unpaired) electrons. The molecule has 0 aliphatic carbocycles. The minimum absolute atomic E-state index is 0.00631. The standard InChI is InChI=1S/C14H18ClFN2O2/c1-9(6-18-7-11(19)8-18)17(2)14(20)10-3-4-12(15)13(16)5-10/h3-5,9,11,19H,6-8H2,1-2H3. The lowest BCUT2D eigenvalue weighted by molar-refractivity contribution is -0.00873. The Balaban J connectivity index is 1.98. The number of hydrogen-bond donors (Lipinski definition) is 1. The molecular formula is C14H18ClFN2O2. The monoisotopic (exact) mass is 300 g/mol. The first kappa shape index (κ1) is 15.2. The largest absolute Gasteiger partial charge is 0.390 e. The van der Waals surface area contributed by atoms with Crippen LogP contribution in [0, 0.1) is 5.82 Å². The van der Waals surface area contributed by atoms with E-state index in [0.717, 1.165) is 6.07 Å². The average molecular weight is 301 g/mol. The summed E-state index contributed by atoms with van der Waals surface area (Å²) in [4.78, 5) is 15.9. The van der Waals surface area contributed by atoms with Gasteiger partial charge < -0.3 is 10.0 Å². The van der Waals surface area contributed by atoms with E-state index in [1.165, 1.54) is 12.1 Å². The number of carbonyl (C=O) groups is 1. The number of amides is 1. The number of aliphatic hydroxyl groups excluding tert-OH is 1. The zero-order valence-electron chi connectivity index (χ0n) is 11.5. The maximum absolute atomic E-state index is 13.4. The highest BCUT2D eigenvalue weighted by Crippen LogP contribution is 2.18. The first-order valence-electron chi connectivity index (χ1n) is 6.51. The van der Waals surface area contributed by atoms with E-state index in [9.17, 15) is 14.3 Å². The number of carbonyl (C=O) groups excluding carboxylic acids is 1. The lowest BCUT2D eigenvalue weighted by Gasteiger charge is -2.39. The summed E-state index contributed by atoms with van der Waals surface area (Å²) < 4.78 is 13.4. The predicted octanol–water partition coefficient (Wildman–Crippen LogP) is 1.62. The van der Waals surface area contributed by atoms with Crippen molar-refractivity contribution in [2.45, 2.75) is 19.1 Å². The minimum atomic E-state index is -0.593. The SMILES string of the molecule is CC(CN1CC(O)C1)N(C)C(=O)c1ccc(Cl)c(F)c1. The molecule has 0 bridgehead atoms. The number of likely N-dealkylation sites (tertiary alicyclic amines) is 1. The normalized spacial score (nSPS) is 17.6. The Hall–Kier alpha value is -1.17. The Morgan fingerprint density at radius 3 is 2.80 bits per heavy atom. The maximum Gasteiger partial charge on any atom is 0.253 e. The van der Waals surface area contributed by atoms with Crippen LogP contribution in [-0.4, -0.2) is 59.6 Å². The quantitative estimate of drug-likeness (QED) is 0.919. The number of benzene rings is 1. The molecule has 1 aliphatic rings. The Morgan fingerprint density at radius 2 is 2.25 bits per heavy atom. The van der Waals surface area contributed by atoms with Gasteiger partial charge in [-0.3, -0.25) is 9.69 Å². The van der Waals surface area contributed by atoms with Crippen LogP contribution in [0.5, 0.6) is 0 Å². The Labute approximate surface area is 122 Å². The van der Waals surface area contributed by atoms with E-state index in [1.807, 2.05) is 6.92 Å². The first-order valence-corrected chi connectivity index (χ1v) is 6.89. The van der Waals surface area contributed by atoms with Crippen molar-refractivity contribution >= 4 is 17.5 Å². The van der Waals surface area contributed by atoms with Crippen molar-refractivity contribution in [2.24, 2.45) is 0 Å². The molecule has 20 heavy (non-hydrogen) atoms. The van der Waals surface area contributed by atoms with Crippen LogP contribution in [0.4, 0.5) is 4.39 Å². The molecule has 2 rings (SSSR count). The molecule has 0 spiro atoms. The number of likely N-dealkylation sites (N-methyl/N-ethyl adjacent to an activating group) is 1. The van der Waals surface area contributed by atoms with E-state index in [0.29, 0.717) is 19.6 Å². The summed E-state index contributed by atoms with van der Waals surface area (Å²) in [6.45, 7) is 3.90. The second-order valence-corrected chi connectivity index (χ2v) is 5.67. The Morgan fingerprint density at radius 1 is 1.60 bits per heavy atom. The molecule has 1 aromatic carbocycles. The molecule has 0 aromatic heterocycles. The molecule has 1 N–H and O–H groups in total. The van der Waals surface area contributed by atoms with Crippen molar-refractivity contribution in [2.75, 3.05) is 26.7 Å². The van der Waals surface area contributed by atoms with Gasteiger partial charge in [0, 0.05) is 38.3 Å². The van der Waals surface area contributed by atoms with Crippen molar-refractivity contribution in [3.63, 3.8) is 0 Å². The zero-order chi connectivity index (χ0) is 14.9. The minimum Gasteiger partial charge on any atom is -0.390 e. The van der Waals surface area contributed by atoms with Crippen LogP contribution < -0.4 is 0 Å². The number of hydrogen-bond acceptors (Lipinski definition) is 3. The van der Waals surface area contributed by atoms with Crippen molar-refractivity contribution < 1.29 is 14.3 Å². The fourth-order valence-electron chi connectivity index (χ4n) is 2.22. The fourth-order valence-corrected chi connectivity index (χ4v) is 2.34. The number of rotatable bonds is 4. The molecule has 1 aromatic rings. The molecule has 1 amide bonds. The van der Waals surface area contributed by atoms with Gasteiger partial charge in [0.05, 0.1) is 11.1 Å². The third-order valence-corrected chi connectivity index (χ3v) is 3.91. The molecule has 1 heterocycles. The first-order chi connectivity index (χ1) is 9.38. The van der Waals surface area contributed by atoms with Crippen LogP contribution in [0.1, 0.15) is 17.3 Å². The van der Waals surface area contributed by atoms with Crippen LogP contribution in [0.3, 0.4) is 0 Å². The lowest BCUT2D eigenvalue weighted by atomic mass is 10.1. The maximum atomic E-state index is 13.4. The predicted molar refractivity (Wildman–Crippen MR) is 75.4 cm³/mol. The molecule has 6 heteroatoms. The highest BCUT2D eigenvalue weighted by molar-refractivity contribution is 6.30. The number of β-amino-alcohol motifs (C(OH)–C–C–N with tert-alkyl or cyclic N) is 1. The fraction of sp³-hybridized carbons (Fsp3) is 0.500. The molecule has 1 fully saturated rings. The summed E-state index contributed by atoms with van der Waals surface area (Å²) in [5.74, 6) is -0.835. The summed E-state index contributed by atoms with van der Waals surface area (Å²) in [6, 6.07) is 4.04. The summed E-state index contributed by atoms with van der Waals surface area (Å²) in [5, 5.41) is 9.24. The van der Waals surface area contributed by atoms with Gasteiger partial charge in [0.25, 0.3) is 5.91 Å². The van der Waals surface area contributed by atoms with Crippen molar-refractivity contribution in [1.29, 1.82) is 0 Å². The molecular weight excluding hydrogens is 283 g/mol. The third-order valence-electron chi connectivity index (χ3n) is 3.61. The Bertz CT molecular complexity index is 506. The van der Waals surface area contributed by atoms with Gasteiger partial charge in [-0.1, -0.05) is 11.6 Å². The van der Waals surface area contributed by atoms with E-state index >= 15 is 0 Å². The van der Waals surface area contributed by atoms with Crippen LogP contribution in [0.15, 0.2) is 18.2 Å². The highest BCUT2D eigenvalue weighted by Gasteiger charge is 2.28. The second kappa shape index (κ2) is 6.08. The van der Waals surface area contributed by atoms with Gasteiger partial charge in [0.15, 0.2) is 0 Å². The van der Waals surface area contributed by atoms with Crippen LogP contribution in [0.25, 0.3) is 0 Å². The second-order valence-electron chi connectivity index (χ2n) is 5.27. The van der Waals surface area contributed by atoms with Crippen molar-refractivity contribution in [3.05, 3.63) is 34.6 Å². The summed E-state index contributed by atoms with van der Waals surface area (Å²) >= 11 is 5.61. The number of halogens is 2. The van der Waals surface area contributed by atoms with Crippen LogP contribution in [0.2, 0.25) is 5.02 Å². The number of nitrogens with zero attached hydrogens (tertiary/aromatic N) is 2. The Kier molecular flexibility index (Phi) is 4.62. The zero-order valence-corrected chi connectivity index (χ0v) is 12.3. The smallest absolute Gasteiger partial charge is 0.253 e. The highest BCUT2D eigenvalue weighted by atomic mass is 35.5. The van der Waals surface area contributed by atoms with Gasteiger partial charge >= 0.3 is 0 Å². The molecule has 1 unspecified atom stereocenters. The summed E-state index contributed by atoms with van der Waals surface area (Å²) in [7, 11) is 1.69. The average Bonchev–Trinajstić information content (AvgIpc) is 2.38.